The van der Waals surface area contributed by atoms with Gasteiger partial charge in [-0.05, 0) is 34.9 Å². The predicted molar refractivity (Wildman–Crippen MR) is 65.6 cm³/mol. The smallest absolute Gasteiger partial charge is 0.0126 e. The van der Waals surface area contributed by atoms with Gasteiger partial charge in [0.2, 0.25) is 0 Å². The molecule has 0 N–H and O–H groups in total. The second kappa shape index (κ2) is 2.98. The van der Waals surface area contributed by atoms with Crippen LogP contribution >= 0.6 is 0 Å². The molecular weight excluding hydrogens is 192 g/mol. The Balaban J connectivity index is 1.87. The van der Waals surface area contributed by atoms with Gasteiger partial charge in [0.1, 0.15) is 0 Å². The predicted octanol–water partition coefficient (Wildman–Crippen LogP) is 3.94. The molecule has 2 aliphatic rings. The van der Waals surface area contributed by atoms with Gasteiger partial charge in [-0.2, -0.15) is 0 Å². The summed E-state index contributed by atoms with van der Waals surface area (Å²) >= 11 is 0. The van der Waals surface area contributed by atoms with Gasteiger partial charge in [0.25, 0.3) is 0 Å². The first-order valence-electron chi connectivity index (χ1n) is 6.09. The van der Waals surface area contributed by atoms with Crippen molar-refractivity contribution < 1.29 is 0 Å². The van der Waals surface area contributed by atoms with Crippen LogP contribution < -0.4 is 0 Å². The number of hydrogen-bond donors (Lipinski definition) is 0. The van der Waals surface area contributed by atoms with Crippen LogP contribution in [0.1, 0.15) is 34.9 Å². The Bertz CT molecular complexity index is 527. The van der Waals surface area contributed by atoms with Crippen molar-refractivity contribution in [2.24, 2.45) is 5.92 Å². The molecule has 78 valence electrons. The van der Waals surface area contributed by atoms with Gasteiger partial charge in [0, 0.05) is 5.92 Å². The molecule has 0 aromatic heterocycles. The van der Waals surface area contributed by atoms with E-state index in [0.29, 0.717) is 5.92 Å². The van der Waals surface area contributed by atoms with Crippen LogP contribution in [0.15, 0.2) is 54.6 Å². The van der Waals surface area contributed by atoms with E-state index < -0.39 is 0 Å². The van der Waals surface area contributed by atoms with Crippen molar-refractivity contribution in [1.82, 2.24) is 0 Å². The number of rotatable bonds is 1. The van der Waals surface area contributed by atoms with E-state index in [-0.39, 0.29) is 0 Å². The molecule has 0 heteroatoms. The normalized spacial score (nSPS) is 29.6. The molecule has 1 saturated carbocycles. The second-order valence-corrected chi connectivity index (χ2v) is 5.02. The summed E-state index contributed by atoms with van der Waals surface area (Å²) in [5, 5.41) is 0. The van der Waals surface area contributed by atoms with Crippen LogP contribution in [0.5, 0.6) is 0 Å². The second-order valence-electron chi connectivity index (χ2n) is 5.02. The number of fused-ring (bicyclic) bond motifs is 3. The largest absolute Gasteiger partial charge is 0.0622 e. The third kappa shape index (κ3) is 1.05. The van der Waals surface area contributed by atoms with Crippen molar-refractivity contribution in [3.63, 3.8) is 0 Å². The molecule has 0 aliphatic heterocycles. The van der Waals surface area contributed by atoms with Crippen molar-refractivity contribution in [2.75, 3.05) is 0 Å². The van der Waals surface area contributed by atoms with E-state index in [1.807, 2.05) is 0 Å². The van der Waals surface area contributed by atoms with E-state index in [4.69, 9.17) is 0 Å². The number of hydrogen-bond acceptors (Lipinski definition) is 0. The van der Waals surface area contributed by atoms with Crippen molar-refractivity contribution in [2.45, 2.75) is 18.3 Å². The summed E-state index contributed by atoms with van der Waals surface area (Å²) in [5.74, 6) is 2.42. The fraction of sp³-hybridized carbons (Fsp3) is 0.250. The van der Waals surface area contributed by atoms with Crippen molar-refractivity contribution in [1.29, 1.82) is 0 Å². The topological polar surface area (TPSA) is 0 Å². The molecule has 0 heterocycles. The highest BCUT2D eigenvalue weighted by molar-refractivity contribution is 5.50. The maximum absolute atomic E-state index is 2.32. The fourth-order valence-electron chi connectivity index (χ4n) is 3.39. The first kappa shape index (κ1) is 8.58. The highest BCUT2D eigenvalue weighted by Gasteiger charge is 2.51. The molecule has 3 atom stereocenters. The molecular formula is C16H14. The lowest BCUT2D eigenvalue weighted by molar-refractivity contribution is 0.726. The first-order valence-corrected chi connectivity index (χ1v) is 6.09. The lowest BCUT2D eigenvalue weighted by Gasteiger charge is -2.15. The lowest BCUT2D eigenvalue weighted by Crippen LogP contribution is -2.00. The monoisotopic (exact) mass is 206 g/mol. The molecule has 0 nitrogen and oxygen atoms in total. The molecule has 0 spiro atoms. The molecule has 16 heavy (non-hydrogen) atoms. The fourth-order valence-corrected chi connectivity index (χ4v) is 3.39. The average molecular weight is 206 g/mol. The van der Waals surface area contributed by atoms with Crippen LogP contribution in [0.4, 0.5) is 0 Å². The zero-order valence-electron chi connectivity index (χ0n) is 9.14. The number of benzene rings is 2. The molecule has 2 aliphatic carbocycles. The van der Waals surface area contributed by atoms with Gasteiger partial charge in [0.15, 0.2) is 0 Å². The third-order valence-electron chi connectivity index (χ3n) is 4.16. The summed E-state index contributed by atoms with van der Waals surface area (Å²) in [6.45, 7) is 0. The maximum atomic E-state index is 2.32. The van der Waals surface area contributed by atoms with E-state index >= 15 is 0 Å². The first-order chi connectivity index (χ1) is 7.95. The summed E-state index contributed by atoms with van der Waals surface area (Å²) < 4.78 is 0. The zero-order chi connectivity index (χ0) is 10.5. The van der Waals surface area contributed by atoms with Gasteiger partial charge in [0.05, 0.1) is 0 Å². The summed E-state index contributed by atoms with van der Waals surface area (Å²) in [6, 6.07) is 20.0. The van der Waals surface area contributed by atoms with Crippen LogP contribution in [-0.2, 0) is 0 Å². The average Bonchev–Trinajstić information content (AvgIpc) is 3.06. The van der Waals surface area contributed by atoms with E-state index in [1.54, 1.807) is 11.1 Å². The van der Waals surface area contributed by atoms with Gasteiger partial charge in [-0.15, -0.1) is 0 Å². The minimum atomic E-state index is 0.669. The van der Waals surface area contributed by atoms with Crippen molar-refractivity contribution in [3.8, 4) is 0 Å². The molecule has 1 fully saturated rings. The van der Waals surface area contributed by atoms with Crippen LogP contribution in [0.25, 0.3) is 0 Å². The molecule has 0 saturated heterocycles. The standard InChI is InChI=1S/C16H14/c1-2-6-11(7-3-1)16-13-9-5-4-8-12(13)14-10-15(14)16/h1-9,14-16H,10H2/t14-,15-,16-/m1/s1. The van der Waals surface area contributed by atoms with E-state index in [9.17, 15) is 0 Å². The summed E-state index contributed by atoms with van der Waals surface area (Å²) in [7, 11) is 0. The molecule has 0 bridgehead atoms. The van der Waals surface area contributed by atoms with Crippen molar-refractivity contribution >= 4 is 0 Å². The van der Waals surface area contributed by atoms with Gasteiger partial charge in [-0.25, -0.2) is 0 Å². The van der Waals surface area contributed by atoms with Crippen LogP contribution in [0.3, 0.4) is 0 Å². The Kier molecular flexibility index (Phi) is 1.59. The van der Waals surface area contributed by atoms with Crippen LogP contribution in [-0.4, -0.2) is 0 Å². The molecule has 0 radical (unpaired) electrons. The Morgan fingerprint density at radius 3 is 2.25 bits per heavy atom. The Morgan fingerprint density at radius 2 is 1.44 bits per heavy atom. The highest BCUT2D eigenvalue weighted by atomic mass is 14.5. The molecule has 0 unspecified atom stereocenters. The summed E-state index contributed by atoms with van der Waals surface area (Å²) in [4.78, 5) is 0. The molecule has 2 aromatic rings. The van der Waals surface area contributed by atoms with Crippen molar-refractivity contribution in [3.05, 3.63) is 71.3 Å². The molecule has 2 aromatic carbocycles. The van der Waals surface area contributed by atoms with Gasteiger partial charge >= 0.3 is 0 Å². The Labute approximate surface area is 95.9 Å². The Morgan fingerprint density at radius 1 is 0.750 bits per heavy atom. The molecule has 4 rings (SSSR count). The van der Waals surface area contributed by atoms with Gasteiger partial charge in [-0.3, -0.25) is 0 Å². The quantitative estimate of drug-likeness (QED) is 0.663. The maximum Gasteiger partial charge on any atom is 0.0126 e. The zero-order valence-corrected chi connectivity index (χ0v) is 9.14. The SMILES string of the molecule is c1ccc([C@@H]2c3ccccc3[C@H]3C[C@@H]23)cc1. The third-order valence-corrected chi connectivity index (χ3v) is 4.16. The van der Waals surface area contributed by atoms with Gasteiger partial charge < -0.3 is 0 Å². The molecule has 0 amide bonds. The summed E-state index contributed by atoms with van der Waals surface area (Å²) in [5.41, 5.74) is 4.69. The van der Waals surface area contributed by atoms with E-state index in [0.717, 1.165) is 11.8 Å². The lowest BCUT2D eigenvalue weighted by atomic mass is 9.89. The van der Waals surface area contributed by atoms with E-state index in [2.05, 4.69) is 54.6 Å². The van der Waals surface area contributed by atoms with Crippen LogP contribution in [0, 0.1) is 5.92 Å². The minimum Gasteiger partial charge on any atom is -0.0622 e. The van der Waals surface area contributed by atoms with Crippen LogP contribution in [0.2, 0.25) is 0 Å². The van der Waals surface area contributed by atoms with E-state index in [1.165, 1.54) is 12.0 Å². The minimum absolute atomic E-state index is 0.669. The summed E-state index contributed by atoms with van der Waals surface area (Å²) in [6.07, 6.45) is 1.40. The Hall–Kier alpha value is -1.56. The highest BCUT2D eigenvalue weighted by Crippen LogP contribution is 2.64. The van der Waals surface area contributed by atoms with Gasteiger partial charge in [-0.1, -0.05) is 54.6 Å².